The molecule has 0 aromatic heterocycles. The van der Waals surface area contributed by atoms with Crippen molar-refractivity contribution in [1.82, 2.24) is 0 Å². The summed E-state index contributed by atoms with van der Waals surface area (Å²) in [5.41, 5.74) is 7.28. The molecule has 2 aromatic rings. The molecule has 2 aliphatic rings. The number of allylic oxidation sites excluding steroid dienone is 2. The molecule has 126 valence electrons. The molecule has 2 aromatic carbocycles. The molecule has 0 heterocycles. The molecule has 2 atom stereocenters. The average Bonchev–Trinajstić information content (AvgIpc) is 2.99. The summed E-state index contributed by atoms with van der Waals surface area (Å²) in [6.45, 7) is 4.25. The number of hydrogen-bond donors (Lipinski definition) is 0. The Labute approximate surface area is 179 Å². The largest absolute Gasteiger partial charge is 0.109 e. The fourth-order valence-corrected chi connectivity index (χ4v) is 4.74. The monoisotopic (exact) mass is 444 g/mol. The van der Waals surface area contributed by atoms with Gasteiger partial charge in [-0.2, -0.15) is 0 Å². The number of alkyl halides is 2. The summed E-state index contributed by atoms with van der Waals surface area (Å²) in [6.07, 6.45) is 6.04. The van der Waals surface area contributed by atoms with E-state index in [1.807, 2.05) is 0 Å². The fourth-order valence-electron chi connectivity index (χ4n) is 4.10. The van der Waals surface area contributed by atoms with E-state index < -0.39 is 9.75 Å². The first-order valence-corrected chi connectivity index (χ1v) is 9.15. The number of hydrogen-bond acceptors (Lipinski definition) is 0. The van der Waals surface area contributed by atoms with Gasteiger partial charge in [-0.05, 0) is 60.1 Å². The van der Waals surface area contributed by atoms with Crippen LogP contribution < -0.4 is 0 Å². The van der Waals surface area contributed by atoms with E-state index in [9.17, 15) is 0 Å². The van der Waals surface area contributed by atoms with Crippen LogP contribution in [0.1, 0.15) is 48.9 Å². The third-order valence-corrected chi connectivity index (χ3v) is 6.96. The van der Waals surface area contributed by atoms with Gasteiger partial charge in [-0.25, -0.2) is 0 Å². The zero-order valence-corrected chi connectivity index (χ0v) is 18.4. The Bertz CT molecular complexity index is 810. The molecule has 4 rings (SSSR count). The van der Waals surface area contributed by atoms with E-state index in [-0.39, 0.29) is 26.2 Å². The van der Waals surface area contributed by atoms with Gasteiger partial charge in [0.25, 0.3) is 0 Å². The molecule has 25 heavy (non-hydrogen) atoms. The van der Waals surface area contributed by atoms with E-state index in [2.05, 4.69) is 74.5 Å². The molecule has 0 amide bonds. The topological polar surface area (TPSA) is 0 Å². The number of rotatable bonds is 3. The van der Waals surface area contributed by atoms with E-state index in [0.29, 0.717) is 0 Å². The van der Waals surface area contributed by atoms with E-state index in [4.69, 9.17) is 23.2 Å². The van der Waals surface area contributed by atoms with Crippen LogP contribution in [0.5, 0.6) is 0 Å². The van der Waals surface area contributed by atoms with Gasteiger partial charge in [-0.15, -0.1) is 23.2 Å². The molecule has 0 nitrogen and oxygen atoms in total. The fraction of sp³-hybridized carbons (Fsp3) is 0.273. The second kappa shape index (κ2) is 6.84. The first kappa shape index (κ1) is 19.2. The molecule has 0 saturated heterocycles. The van der Waals surface area contributed by atoms with Crippen molar-refractivity contribution in [2.45, 2.75) is 36.4 Å². The van der Waals surface area contributed by atoms with Crippen LogP contribution in [0.2, 0.25) is 0 Å². The van der Waals surface area contributed by atoms with Crippen molar-refractivity contribution >= 4 is 35.4 Å². The first-order chi connectivity index (χ1) is 11.4. The summed E-state index contributed by atoms with van der Waals surface area (Å²) >= 11 is 14.2. The van der Waals surface area contributed by atoms with Crippen LogP contribution in [-0.4, -0.2) is 0 Å². The Kier molecular flexibility index (Phi) is 5.24. The summed E-state index contributed by atoms with van der Waals surface area (Å²) in [4.78, 5) is -0.896. The van der Waals surface area contributed by atoms with Gasteiger partial charge >= 0.3 is 0 Å². The Hall–Kier alpha value is -0.617. The summed E-state index contributed by atoms with van der Waals surface area (Å²) in [5, 5.41) is 0. The van der Waals surface area contributed by atoms with Gasteiger partial charge in [0.05, 0.1) is 9.75 Å². The molecule has 0 aliphatic heterocycles. The standard InChI is InChI=1S/C22H20Cl2.Zr/c1-15-13-17-7-3-5-9-19(17)21(15,23)11-12-22(24)16(2)14-18-8-4-6-10-20(18)22;/h3-10,13-14H,11-12H2,1-2H3;. The molecular formula is C22H20Cl2Zr. The molecule has 0 saturated carbocycles. The van der Waals surface area contributed by atoms with Crippen molar-refractivity contribution in [1.29, 1.82) is 0 Å². The van der Waals surface area contributed by atoms with Crippen LogP contribution in [0, 0.1) is 0 Å². The van der Waals surface area contributed by atoms with Gasteiger partial charge in [0.1, 0.15) is 0 Å². The summed E-state index contributed by atoms with van der Waals surface area (Å²) in [7, 11) is 0. The minimum absolute atomic E-state index is 0. The third kappa shape index (κ3) is 2.93. The van der Waals surface area contributed by atoms with Crippen molar-refractivity contribution in [3.63, 3.8) is 0 Å². The van der Waals surface area contributed by atoms with E-state index in [0.717, 1.165) is 12.8 Å². The Morgan fingerprint density at radius 2 is 1.04 bits per heavy atom. The van der Waals surface area contributed by atoms with Gasteiger partial charge in [-0.1, -0.05) is 60.7 Å². The summed E-state index contributed by atoms with van der Waals surface area (Å²) < 4.78 is 0. The van der Waals surface area contributed by atoms with Crippen molar-refractivity contribution in [2.24, 2.45) is 0 Å². The van der Waals surface area contributed by atoms with Gasteiger partial charge in [0.2, 0.25) is 0 Å². The van der Waals surface area contributed by atoms with Crippen molar-refractivity contribution in [3.05, 3.63) is 81.9 Å². The average molecular weight is 447 g/mol. The van der Waals surface area contributed by atoms with Gasteiger partial charge in [-0.3, -0.25) is 0 Å². The maximum Gasteiger partial charge on any atom is 0.0911 e. The number of fused-ring (bicyclic) bond motifs is 2. The van der Waals surface area contributed by atoms with Crippen LogP contribution in [0.3, 0.4) is 0 Å². The van der Waals surface area contributed by atoms with Crippen LogP contribution in [0.25, 0.3) is 12.2 Å². The maximum absolute atomic E-state index is 7.12. The SMILES string of the molecule is CC1=Cc2ccccc2C1(Cl)CCC1(Cl)C(C)=Cc2ccccc21.[Zr]. The van der Waals surface area contributed by atoms with Gasteiger partial charge in [0, 0.05) is 26.2 Å². The Morgan fingerprint density at radius 1 is 0.680 bits per heavy atom. The van der Waals surface area contributed by atoms with Gasteiger partial charge in [0.15, 0.2) is 0 Å². The molecule has 0 bridgehead atoms. The Morgan fingerprint density at radius 3 is 1.44 bits per heavy atom. The van der Waals surface area contributed by atoms with Crippen molar-refractivity contribution in [2.75, 3.05) is 0 Å². The summed E-state index contributed by atoms with van der Waals surface area (Å²) in [6, 6.07) is 16.8. The second-order valence-corrected chi connectivity index (χ2v) is 8.22. The first-order valence-electron chi connectivity index (χ1n) is 8.39. The zero-order chi connectivity index (χ0) is 16.9. The number of benzene rings is 2. The van der Waals surface area contributed by atoms with E-state index >= 15 is 0 Å². The molecule has 0 spiro atoms. The molecule has 2 aliphatic carbocycles. The quantitative estimate of drug-likeness (QED) is 0.452. The molecule has 2 unspecified atom stereocenters. The minimum Gasteiger partial charge on any atom is -0.109 e. The predicted molar refractivity (Wildman–Crippen MR) is 104 cm³/mol. The second-order valence-electron chi connectivity index (χ2n) is 6.93. The maximum atomic E-state index is 7.12. The molecule has 0 fully saturated rings. The van der Waals surface area contributed by atoms with Crippen molar-refractivity contribution in [3.8, 4) is 0 Å². The molecular weight excluding hydrogens is 426 g/mol. The van der Waals surface area contributed by atoms with Crippen LogP contribution in [-0.2, 0) is 36.0 Å². The van der Waals surface area contributed by atoms with Crippen molar-refractivity contribution < 1.29 is 26.2 Å². The van der Waals surface area contributed by atoms with Gasteiger partial charge < -0.3 is 0 Å². The summed E-state index contributed by atoms with van der Waals surface area (Å²) in [5.74, 6) is 0. The minimum atomic E-state index is -0.448. The van der Waals surface area contributed by atoms with E-state index in [1.54, 1.807) is 0 Å². The normalized spacial score (nSPS) is 26.4. The van der Waals surface area contributed by atoms with Crippen LogP contribution in [0.15, 0.2) is 59.7 Å². The number of halogens is 2. The van der Waals surface area contributed by atoms with Crippen LogP contribution >= 0.6 is 23.2 Å². The molecule has 3 heteroatoms. The molecule has 0 N–H and O–H groups in total. The third-order valence-electron chi connectivity index (χ3n) is 5.58. The Balaban J connectivity index is 0.00000182. The predicted octanol–water partition coefficient (Wildman–Crippen LogP) is 6.87. The smallest absolute Gasteiger partial charge is 0.0911 e. The van der Waals surface area contributed by atoms with E-state index in [1.165, 1.54) is 33.4 Å². The van der Waals surface area contributed by atoms with Crippen LogP contribution in [0.4, 0.5) is 0 Å². The molecule has 0 radical (unpaired) electrons. The zero-order valence-electron chi connectivity index (χ0n) is 14.4.